The predicted octanol–water partition coefficient (Wildman–Crippen LogP) is 0.387. The van der Waals surface area contributed by atoms with E-state index in [-0.39, 0.29) is 23.3 Å². The van der Waals surface area contributed by atoms with Gasteiger partial charge in [0.15, 0.2) is 0 Å². The van der Waals surface area contributed by atoms with Gasteiger partial charge in [0, 0.05) is 31.1 Å². The quantitative estimate of drug-likeness (QED) is 0.819. The van der Waals surface area contributed by atoms with E-state index in [4.69, 9.17) is 4.74 Å². The van der Waals surface area contributed by atoms with E-state index >= 15 is 0 Å². The molecule has 3 rings (SSSR count). The third-order valence-corrected chi connectivity index (χ3v) is 3.49. The number of likely N-dealkylation sites (tertiary alicyclic amines) is 1. The number of hydrogen-bond acceptors (Lipinski definition) is 5. The van der Waals surface area contributed by atoms with Crippen LogP contribution in [0.3, 0.4) is 0 Å². The van der Waals surface area contributed by atoms with E-state index in [1.807, 2.05) is 13.0 Å². The lowest BCUT2D eigenvalue weighted by Crippen LogP contribution is -2.56. The van der Waals surface area contributed by atoms with Gasteiger partial charge in [-0.05, 0) is 19.1 Å². The number of aromatic nitrogens is 3. The second-order valence-corrected chi connectivity index (χ2v) is 5.26. The molecule has 0 aliphatic carbocycles. The van der Waals surface area contributed by atoms with Crippen LogP contribution in [0.5, 0.6) is 5.75 Å². The average molecular weight is 300 g/mol. The van der Waals surface area contributed by atoms with E-state index in [1.54, 1.807) is 17.2 Å². The van der Waals surface area contributed by atoms with Gasteiger partial charge in [0.25, 0.3) is 11.5 Å². The van der Waals surface area contributed by atoms with Gasteiger partial charge in [-0.1, -0.05) is 0 Å². The zero-order valence-corrected chi connectivity index (χ0v) is 12.4. The van der Waals surface area contributed by atoms with Crippen LogP contribution in [-0.2, 0) is 7.05 Å². The molecule has 2 aromatic rings. The molecule has 22 heavy (non-hydrogen) atoms. The average Bonchev–Trinajstić information content (AvgIpc) is 2.45. The van der Waals surface area contributed by atoms with E-state index in [1.165, 1.54) is 19.2 Å². The number of carbonyl (C=O) groups excluding carboxylic acids is 1. The normalized spacial score (nSPS) is 14.5. The van der Waals surface area contributed by atoms with Crippen LogP contribution in [0, 0.1) is 6.92 Å². The van der Waals surface area contributed by atoms with Crippen LogP contribution in [-0.4, -0.2) is 44.8 Å². The molecular formula is C15H16N4O3. The summed E-state index contributed by atoms with van der Waals surface area (Å²) in [7, 11) is 1.52. The van der Waals surface area contributed by atoms with Crippen LogP contribution in [0.4, 0.5) is 0 Å². The molecule has 0 spiro atoms. The fourth-order valence-corrected chi connectivity index (χ4v) is 2.24. The van der Waals surface area contributed by atoms with E-state index in [9.17, 15) is 9.59 Å². The van der Waals surface area contributed by atoms with Gasteiger partial charge in [0.2, 0.25) is 0 Å². The Kier molecular flexibility index (Phi) is 3.62. The van der Waals surface area contributed by atoms with Crippen molar-refractivity contribution in [1.82, 2.24) is 19.7 Å². The number of pyridine rings is 1. The van der Waals surface area contributed by atoms with E-state index in [0.29, 0.717) is 13.1 Å². The highest BCUT2D eigenvalue weighted by Crippen LogP contribution is 2.19. The van der Waals surface area contributed by atoms with Crippen molar-refractivity contribution >= 4 is 5.91 Å². The zero-order valence-electron chi connectivity index (χ0n) is 12.4. The molecular weight excluding hydrogens is 284 g/mol. The summed E-state index contributed by atoms with van der Waals surface area (Å²) in [6, 6.07) is 6.45. The lowest BCUT2D eigenvalue weighted by molar-refractivity contribution is 0.0171. The SMILES string of the molecule is Cc1cc(OC2CN(C(=O)c3ccc(=O)n(C)n3)C2)ccn1. The largest absolute Gasteiger partial charge is 0.487 e. The maximum absolute atomic E-state index is 12.2. The minimum atomic E-state index is -0.241. The summed E-state index contributed by atoms with van der Waals surface area (Å²) in [5.74, 6) is 0.561. The van der Waals surface area contributed by atoms with Crippen molar-refractivity contribution in [2.45, 2.75) is 13.0 Å². The van der Waals surface area contributed by atoms with Crippen molar-refractivity contribution in [1.29, 1.82) is 0 Å². The van der Waals surface area contributed by atoms with Gasteiger partial charge in [-0.3, -0.25) is 14.6 Å². The van der Waals surface area contributed by atoms with Gasteiger partial charge in [0.1, 0.15) is 17.5 Å². The van der Waals surface area contributed by atoms with Crippen molar-refractivity contribution < 1.29 is 9.53 Å². The monoisotopic (exact) mass is 300 g/mol. The molecule has 114 valence electrons. The summed E-state index contributed by atoms with van der Waals surface area (Å²) in [5, 5.41) is 3.96. The minimum absolute atomic E-state index is 0.0294. The molecule has 0 bridgehead atoms. The maximum atomic E-state index is 12.2. The molecule has 0 N–H and O–H groups in total. The first-order valence-electron chi connectivity index (χ1n) is 6.96. The molecule has 1 aliphatic rings. The van der Waals surface area contributed by atoms with E-state index in [0.717, 1.165) is 16.1 Å². The molecule has 0 radical (unpaired) electrons. The van der Waals surface area contributed by atoms with Crippen LogP contribution < -0.4 is 10.3 Å². The summed E-state index contributed by atoms with van der Waals surface area (Å²) in [6.07, 6.45) is 1.67. The number of carbonyl (C=O) groups is 1. The number of rotatable bonds is 3. The third kappa shape index (κ3) is 2.83. The maximum Gasteiger partial charge on any atom is 0.274 e. The smallest absolute Gasteiger partial charge is 0.274 e. The van der Waals surface area contributed by atoms with Gasteiger partial charge in [0.05, 0.1) is 13.1 Å². The van der Waals surface area contributed by atoms with Crippen LogP contribution >= 0.6 is 0 Å². The Morgan fingerprint density at radius 3 is 2.77 bits per heavy atom. The van der Waals surface area contributed by atoms with Gasteiger partial charge in [-0.15, -0.1) is 0 Å². The van der Waals surface area contributed by atoms with Gasteiger partial charge in [-0.2, -0.15) is 5.10 Å². The molecule has 7 heteroatoms. The molecule has 2 aromatic heterocycles. The Morgan fingerprint density at radius 2 is 2.09 bits per heavy atom. The molecule has 7 nitrogen and oxygen atoms in total. The Bertz CT molecular complexity index is 765. The Hall–Kier alpha value is -2.70. The first-order chi connectivity index (χ1) is 10.5. The highest BCUT2D eigenvalue weighted by Gasteiger charge is 2.33. The summed E-state index contributed by atoms with van der Waals surface area (Å²) >= 11 is 0. The fraction of sp³-hybridized carbons (Fsp3) is 0.333. The lowest BCUT2D eigenvalue weighted by atomic mass is 10.1. The fourth-order valence-electron chi connectivity index (χ4n) is 2.24. The van der Waals surface area contributed by atoms with Gasteiger partial charge < -0.3 is 9.64 Å². The molecule has 0 unspecified atom stereocenters. The molecule has 1 fully saturated rings. The number of hydrogen-bond donors (Lipinski definition) is 0. The van der Waals surface area contributed by atoms with Crippen LogP contribution in [0.2, 0.25) is 0 Å². The van der Waals surface area contributed by atoms with Gasteiger partial charge >= 0.3 is 0 Å². The first kappa shape index (κ1) is 14.2. The van der Waals surface area contributed by atoms with E-state index < -0.39 is 0 Å². The van der Waals surface area contributed by atoms with Crippen molar-refractivity contribution in [2.24, 2.45) is 7.05 Å². The summed E-state index contributed by atoms with van der Waals surface area (Å²) in [4.78, 5) is 29.3. The van der Waals surface area contributed by atoms with Crippen molar-refractivity contribution in [3.8, 4) is 5.75 Å². The summed E-state index contributed by atoms with van der Waals surface area (Å²) in [6.45, 7) is 2.91. The standard InChI is InChI=1S/C15H16N4O3/c1-10-7-11(5-6-16-10)22-12-8-19(9-12)15(21)13-3-4-14(20)18(2)17-13/h3-7,12H,8-9H2,1-2H3. The second-order valence-electron chi connectivity index (χ2n) is 5.26. The first-order valence-corrected chi connectivity index (χ1v) is 6.96. The third-order valence-electron chi connectivity index (χ3n) is 3.49. The lowest BCUT2D eigenvalue weighted by Gasteiger charge is -2.38. The molecule has 0 saturated carbocycles. The number of amides is 1. The number of nitrogens with zero attached hydrogens (tertiary/aromatic N) is 4. The van der Waals surface area contributed by atoms with Crippen molar-refractivity contribution in [3.05, 3.63) is 52.2 Å². The Labute approximate surface area is 127 Å². The topological polar surface area (TPSA) is 77.3 Å². The van der Waals surface area contributed by atoms with Crippen LogP contribution in [0.15, 0.2) is 35.3 Å². The van der Waals surface area contributed by atoms with Crippen LogP contribution in [0.1, 0.15) is 16.2 Å². The molecule has 1 amide bonds. The van der Waals surface area contributed by atoms with Crippen LogP contribution in [0.25, 0.3) is 0 Å². The zero-order chi connectivity index (χ0) is 15.7. The summed E-state index contributed by atoms with van der Waals surface area (Å²) < 4.78 is 6.93. The van der Waals surface area contributed by atoms with Crippen molar-refractivity contribution in [2.75, 3.05) is 13.1 Å². The second kappa shape index (κ2) is 5.59. The molecule has 3 heterocycles. The van der Waals surface area contributed by atoms with E-state index in [2.05, 4.69) is 10.1 Å². The predicted molar refractivity (Wildman–Crippen MR) is 78.8 cm³/mol. The summed E-state index contributed by atoms with van der Waals surface area (Å²) in [5.41, 5.74) is 0.911. The molecule has 1 saturated heterocycles. The Morgan fingerprint density at radius 1 is 1.32 bits per heavy atom. The minimum Gasteiger partial charge on any atom is -0.487 e. The highest BCUT2D eigenvalue weighted by atomic mass is 16.5. The molecule has 0 aromatic carbocycles. The van der Waals surface area contributed by atoms with Gasteiger partial charge in [-0.25, -0.2) is 4.68 Å². The number of ether oxygens (including phenoxy) is 1. The number of aryl methyl sites for hydroxylation is 2. The molecule has 0 atom stereocenters. The Balaban J connectivity index is 1.59. The highest BCUT2D eigenvalue weighted by molar-refractivity contribution is 5.92. The van der Waals surface area contributed by atoms with Crippen molar-refractivity contribution in [3.63, 3.8) is 0 Å². The molecule has 1 aliphatic heterocycles.